The molecular formula is C16H20BrNO2S. The number of hydrogen-bond donors (Lipinski definition) is 1. The van der Waals surface area contributed by atoms with Crippen LogP contribution in [0.5, 0.6) is 0 Å². The Labute approximate surface area is 138 Å². The fourth-order valence-electron chi connectivity index (χ4n) is 3.31. The molecule has 2 aliphatic rings. The van der Waals surface area contributed by atoms with E-state index >= 15 is 0 Å². The van der Waals surface area contributed by atoms with Crippen molar-refractivity contribution in [3.8, 4) is 0 Å². The van der Waals surface area contributed by atoms with Crippen molar-refractivity contribution in [2.45, 2.75) is 31.3 Å². The number of anilines is 1. The first-order valence-corrected chi connectivity index (χ1v) is 9.35. The van der Waals surface area contributed by atoms with Crippen LogP contribution in [0.3, 0.4) is 0 Å². The van der Waals surface area contributed by atoms with E-state index in [0.717, 1.165) is 41.7 Å². The molecule has 1 aromatic rings. The van der Waals surface area contributed by atoms with Crippen molar-refractivity contribution in [1.82, 2.24) is 0 Å². The van der Waals surface area contributed by atoms with Gasteiger partial charge in [0.25, 0.3) is 0 Å². The van der Waals surface area contributed by atoms with E-state index in [1.165, 1.54) is 0 Å². The number of ketones is 1. The Kier molecular flexibility index (Phi) is 4.62. The monoisotopic (exact) mass is 369 g/mol. The molecule has 2 fully saturated rings. The van der Waals surface area contributed by atoms with E-state index in [1.807, 2.05) is 23.9 Å². The summed E-state index contributed by atoms with van der Waals surface area (Å²) in [6.45, 7) is 0.689. The summed E-state index contributed by atoms with van der Waals surface area (Å²) in [4.78, 5) is 12.8. The molecule has 5 heteroatoms. The Balaban J connectivity index is 1.79. The summed E-state index contributed by atoms with van der Waals surface area (Å²) < 4.78 is 6.97. The molecule has 21 heavy (non-hydrogen) atoms. The van der Waals surface area contributed by atoms with E-state index in [4.69, 9.17) is 10.5 Å². The van der Waals surface area contributed by atoms with Gasteiger partial charge in [0.2, 0.25) is 0 Å². The zero-order valence-electron chi connectivity index (χ0n) is 11.9. The first-order valence-electron chi connectivity index (χ1n) is 7.41. The highest BCUT2D eigenvalue weighted by Crippen LogP contribution is 2.41. The minimum atomic E-state index is -0.0649. The molecular weight excluding hydrogens is 350 g/mol. The Bertz CT molecular complexity index is 538. The maximum atomic E-state index is 12.8. The smallest absolute Gasteiger partial charge is 0.168 e. The summed E-state index contributed by atoms with van der Waals surface area (Å²) in [5, 5.41) is 0. The van der Waals surface area contributed by atoms with E-state index in [9.17, 15) is 4.79 Å². The largest absolute Gasteiger partial charge is 0.398 e. The highest BCUT2D eigenvalue weighted by atomic mass is 79.9. The lowest BCUT2D eigenvalue weighted by Crippen LogP contribution is -2.44. The fourth-order valence-corrected chi connectivity index (χ4v) is 4.90. The molecule has 3 nitrogen and oxygen atoms in total. The lowest BCUT2D eigenvalue weighted by atomic mass is 9.78. The lowest BCUT2D eigenvalue weighted by Gasteiger charge is -2.43. The molecule has 1 atom stereocenters. The van der Waals surface area contributed by atoms with E-state index in [1.54, 1.807) is 6.07 Å². The molecule has 2 saturated heterocycles. The second-order valence-electron chi connectivity index (χ2n) is 5.93. The summed E-state index contributed by atoms with van der Waals surface area (Å²) in [5.41, 5.74) is 7.15. The van der Waals surface area contributed by atoms with Gasteiger partial charge < -0.3 is 10.5 Å². The van der Waals surface area contributed by atoms with E-state index < -0.39 is 0 Å². The van der Waals surface area contributed by atoms with Crippen LogP contribution in [0.4, 0.5) is 5.69 Å². The second kappa shape index (κ2) is 6.31. The predicted octanol–water partition coefficient (Wildman–Crippen LogP) is 3.91. The van der Waals surface area contributed by atoms with Crippen molar-refractivity contribution in [3.63, 3.8) is 0 Å². The molecule has 0 aliphatic carbocycles. The van der Waals surface area contributed by atoms with Gasteiger partial charge in [0, 0.05) is 28.2 Å². The van der Waals surface area contributed by atoms with E-state index in [-0.39, 0.29) is 17.3 Å². The molecule has 2 aliphatic heterocycles. The molecule has 3 rings (SSSR count). The zero-order valence-corrected chi connectivity index (χ0v) is 14.3. The topological polar surface area (TPSA) is 52.3 Å². The number of ether oxygens (including phenoxy) is 1. The van der Waals surface area contributed by atoms with Crippen molar-refractivity contribution in [2.75, 3.05) is 23.8 Å². The summed E-state index contributed by atoms with van der Waals surface area (Å²) in [5.74, 6) is 2.49. The SMILES string of the molecule is Nc1ccc(Br)cc1C(=O)C1CCOC2(CCSCC2)C1. The van der Waals surface area contributed by atoms with Crippen LogP contribution < -0.4 is 5.73 Å². The van der Waals surface area contributed by atoms with E-state index in [0.29, 0.717) is 17.9 Å². The van der Waals surface area contributed by atoms with Crippen LogP contribution in [-0.4, -0.2) is 29.5 Å². The van der Waals surface area contributed by atoms with Crippen molar-refractivity contribution in [1.29, 1.82) is 0 Å². The van der Waals surface area contributed by atoms with Gasteiger partial charge in [-0.25, -0.2) is 0 Å². The fraction of sp³-hybridized carbons (Fsp3) is 0.562. The summed E-state index contributed by atoms with van der Waals surface area (Å²) >= 11 is 5.41. The van der Waals surface area contributed by atoms with Crippen LogP contribution in [0.25, 0.3) is 0 Å². The summed E-state index contributed by atoms with van der Waals surface area (Å²) in [6.07, 6.45) is 3.78. The molecule has 2 heterocycles. The van der Waals surface area contributed by atoms with Crippen LogP contribution in [0.15, 0.2) is 22.7 Å². The van der Waals surface area contributed by atoms with Crippen molar-refractivity contribution >= 4 is 39.2 Å². The van der Waals surface area contributed by atoms with Gasteiger partial charge in [0.1, 0.15) is 0 Å². The molecule has 114 valence electrons. The number of halogens is 1. The Morgan fingerprint density at radius 3 is 2.90 bits per heavy atom. The number of nitrogen functional groups attached to an aromatic ring is 1. The minimum absolute atomic E-state index is 0.0402. The van der Waals surface area contributed by atoms with Gasteiger partial charge in [-0.2, -0.15) is 11.8 Å². The number of carbonyl (C=O) groups is 1. The predicted molar refractivity (Wildman–Crippen MR) is 90.9 cm³/mol. The molecule has 0 aromatic heterocycles. The van der Waals surface area contributed by atoms with Crippen LogP contribution in [0.2, 0.25) is 0 Å². The Hall–Kier alpha value is -0.520. The third-order valence-corrected chi connectivity index (χ3v) is 6.03. The summed E-state index contributed by atoms with van der Waals surface area (Å²) in [6, 6.07) is 5.51. The third-order valence-electron chi connectivity index (χ3n) is 4.55. The van der Waals surface area contributed by atoms with Gasteiger partial charge >= 0.3 is 0 Å². The lowest BCUT2D eigenvalue weighted by molar-refractivity contribution is -0.0959. The van der Waals surface area contributed by atoms with Gasteiger partial charge in [-0.3, -0.25) is 4.79 Å². The van der Waals surface area contributed by atoms with Gasteiger partial charge in [-0.15, -0.1) is 0 Å². The highest BCUT2D eigenvalue weighted by Gasteiger charge is 2.41. The number of rotatable bonds is 2. The number of Topliss-reactive ketones (excluding diaryl/α,β-unsaturated/α-hetero) is 1. The van der Waals surface area contributed by atoms with E-state index in [2.05, 4.69) is 15.9 Å². The van der Waals surface area contributed by atoms with Crippen molar-refractivity contribution < 1.29 is 9.53 Å². The number of hydrogen-bond acceptors (Lipinski definition) is 4. The molecule has 0 bridgehead atoms. The molecule has 0 radical (unpaired) electrons. The second-order valence-corrected chi connectivity index (χ2v) is 8.07. The third kappa shape index (κ3) is 3.30. The van der Waals surface area contributed by atoms with Gasteiger partial charge in [0.15, 0.2) is 5.78 Å². The molecule has 1 unspecified atom stereocenters. The first-order chi connectivity index (χ1) is 10.1. The maximum Gasteiger partial charge on any atom is 0.168 e. The Morgan fingerprint density at radius 2 is 2.14 bits per heavy atom. The normalized spacial score (nSPS) is 24.9. The standard InChI is InChI=1S/C16H20BrNO2S/c17-12-1-2-14(18)13(9-12)15(19)11-3-6-20-16(10-11)4-7-21-8-5-16/h1-2,9,11H,3-8,10,18H2. The van der Waals surface area contributed by atoms with Gasteiger partial charge in [0.05, 0.1) is 5.60 Å². The highest BCUT2D eigenvalue weighted by molar-refractivity contribution is 9.10. The van der Waals surface area contributed by atoms with Gasteiger partial charge in [-0.1, -0.05) is 15.9 Å². The quantitative estimate of drug-likeness (QED) is 0.634. The van der Waals surface area contributed by atoms with Crippen LogP contribution >= 0.6 is 27.7 Å². The average Bonchev–Trinajstić information content (AvgIpc) is 2.50. The number of benzene rings is 1. The zero-order chi connectivity index (χ0) is 14.9. The maximum absolute atomic E-state index is 12.8. The van der Waals surface area contributed by atoms with Crippen molar-refractivity contribution in [2.24, 2.45) is 5.92 Å². The Morgan fingerprint density at radius 1 is 1.38 bits per heavy atom. The molecule has 2 N–H and O–H groups in total. The first kappa shape index (κ1) is 15.4. The van der Waals surface area contributed by atoms with Crippen LogP contribution in [0, 0.1) is 5.92 Å². The summed E-state index contributed by atoms with van der Waals surface area (Å²) in [7, 11) is 0. The number of nitrogens with two attached hydrogens (primary N) is 1. The average molecular weight is 370 g/mol. The molecule has 0 amide bonds. The molecule has 0 saturated carbocycles. The van der Waals surface area contributed by atoms with Crippen LogP contribution in [-0.2, 0) is 4.74 Å². The number of thioether (sulfide) groups is 1. The minimum Gasteiger partial charge on any atom is -0.398 e. The van der Waals surface area contributed by atoms with Crippen LogP contribution in [0.1, 0.15) is 36.0 Å². The molecule has 1 aromatic carbocycles. The van der Waals surface area contributed by atoms with Crippen molar-refractivity contribution in [3.05, 3.63) is 28.2 Å². The number of carbonyl (C=O) groups excluding carboxylic acids is 1. The molecule has 1 spiro atoms. The van der Waals surface area contributed by atoms with Gasteiger partial charge in [-0.05, 0) is 55.4 Å².